The lowest BCUT2D eigenvalue weighted by Gasteiger charge is -2.22. The van der Waals surface area contributed by atoms with Crippen molar-refractivity contribution in [1.29, 1.82) is 0 Å². The fraction of sp³-hybridized carbons (Fsp3) is 0.500. The maximum Gasteiger partial charge on any atom is 0.129 e. The Morgan fingerprint density at radius 3 is 2.76 bits per heavy atom. The van der Waals surface area contributed by atoms with E-state index in [-0.39, 0.29) is 5.41 Å². The van der Waals surface area contributed by atoms with Crippen LogP contribution in [0.4, 0.5) is 5.82 Å². The zero-order chi connectivity index (χ0) is 15.0. The average Bonchev–Trinajstić information content (AvgIpc) is 2.94. The molecule has 0 spiro atoms. The van der Waals surface area contributed by atoms with Gasteiger partial charge in [0.15, 0.2) is 0 Å². The molecular formula is C18H24N2O. The van der Waals surface area contributed by atoms with E-state index in [1.807, 2.05) is 6.20 Å². The van der Waals surface area contributed by atoms with Crippen LogP contribution < -0.4 is 4.90 Å². The van der Waals surface area contributed by atoms with Crippen LogP contribution in [0.2, 0.25) is 0 Å². The van der Waals surface area contributed by atoms with Crippen LogP contribution in [0.3, 0.4) is 0 Å². The Bertz CT molecular complexity index is 645. The maximum atomic E-state index is 5.44. The smallest absolute Gasteiger partial charge is 0.129 e. The van der Waals surface area contributed by atoms with Gasteiger partial charge in [-0.15, -0.1) is 0 Å². The van der Waals surface area contributed by atoms with Crippen molar-refractivity contribution in [3.8, 4) is 0 Å². The van der Waals surface area contributed by atoms with Gasteiger partial charge in [0.2, 0.25) is 0 Å². The van der Waals surface area contributed by atoms with Crippen molar-refractivity contribution < 1.29 is 4.74 Å². The van der Waals surface area contributed by atoms with Crippen LogP contribution in [0.15, 0.2) is 30.5 Å². The molecule has 1 atom stereocenters. The number of anilines is 1. The minimum Gasteiger partial charge on any atom is -0.380 e. The van der Waals surface area contributed by atoms with Gasteiger partial charge in [0, 0.05) is 31.8 Å². The van der Waals surface area contributed by atoms with Crippen LogP contribution in [-0.2, 0) is 10.2 Å². The summed E-state index contributed by atoms with van der Waals surface area (Å²) in [7, 11) is 1.79. The summed E-state index contributed by atoms with van der Waals surface area (Å²) < 4.78 is 5.44. The van der Waals surface area contributed by atoms with Crippen molar-refractivity contribution in [2.75, 3.05) is 25.1 Å². The quantitative estimate of drug-likeness (QED) is 0.839. The lowest BCUT2D eigenvalue weighted by molar-refractivity contribution is 0.121. The third kappa shape index (κ3) is 2.75. The minimum atomic E-state index is 0.136. The molecule has 0 unspecified atom stereocenters. The summed E-state index contributed by atoms with van der Waals surface area (Å²) >= 11 is 0. The van der Waals surface area contributed by atoms with E-state index < -0.39 is 0 Å². The SMILES string of the molecule is CO[C@@H]1CCN(c2cc3cccc(C(C)(C)C)c3cn2)C1. The van der Waals surface area contributed by atoms with E-state index in [1.54, 1.807) is 7.11 Å². The Kier molecular flexibility index (Phi) is 3.62. The standard InChI is InChI=1S/C18H24N2O/c1-18(2,3)16-7-5-6-13-10-17(19-11-15(13)16)20-9-8-14(12-20)21-4/h5-7,10-11,14H,8-9,12H2,1-4H3/t14-/m1/s1. The molecule has 3 heteroatoms. The molecule has 0 bridgehead atoms. The Morgan fingerprint density at radius 1 is 1.29 bits per heavy atom. The molecule has 0 radical (unpaired) electrons. The molecule has 3 rings (SSSR count). The van der Waals surface area contributed by atoms with Gasteiger partial charge in [0.05, 0.1) is 6.10 Å². The second-order valence-corrected chi connectivity index (χ2v) is 6.91. The summed E-state index contributed by atoms with van der Waals surface area (Å²) in [5.41, 5.74) is 1.49. The van der Waals surface area contributed by atoms with Crippen molar-refractivity contribution in [3.05, 3.63) is 36.0 Å². The van der Waals surface area contributed by atoms with E-state index in [1.165, 1.54) is 16.3 Å². The first-order chi connectivity index (χ1) is 9.99. The number of hydrogen-bond acceptors (Lipinski definition) is 3. The van der Waals surface area contributed by atoms with Gasteiger partial charge in [-0.25, -0.2) is 4.98 Å². The summed E-state index contributed by atoms with van der Waals surface area (Å²) in [6.45, 7) is 8.71. The van der Waals surface area contributed by atoms with Gasteiger partial charge in [0.1, 0.15) is 5.82 Å². The molecule has 21 heavy (non-hydrogen) atoms. The third-order valence-corrected chi connectivity index (χ3v) is 4.36. The van der Waals surface area contributed by atoms with Gasteiger partial charge < -0.3 is 9.64 Å². The van der Waals surface area contributed by atoms with Crippen LogP contribution in [-0.4, -0.2) is 31.3 Å². The predicted molar refractivity (Wildman–Crippen MR) is 88.1 cm³/mol. The first kappa shape index (κ1) is 14.3. The molecule has 1 aliphatic rings. The highest BCUT2D eigenvalue weighted by molar-refractivity contribution is 5.87. The second kappa shape index (κ2) is 5.30. The van der Waals surface area contributed by atoms with E-state index >= 15 is 0 Å². The van der Waals surface area contributed by atoms with E-state index in [2.05, 4.69) is 49.9 Å². The van der Waals surface area contributed by atoms with Gasteiger partial charge >= 0.3 is 0 Å². The molecule has 0 N–H and O–H groups in total. The van der Waals surface area contributed by atoms with Gasteiger partial charge in [0.25, 0.3) is 0 Å². The van der Waals surface area contributed by atoms with Crippen molar-refractivity contribution in [2.24, 2.45) is 0 Å². The molecule has 3 nitrogen and oxygen atoms in total. The molecule has 2 heterocycles. The van der Waals surface area contributed by atoms with Crippen LogP contribution in [0.5, 0.6) is 0 Å². The summed E-state index contributed by atoms with van der Waals surface area (Å²) in [5, 5.41) is 2.53. The third-order valence-electron chi connectivity index (χ3n) is 4.36. The normalized spacial score (nSPS) is 19.4. The number of rotatable bonds is 2. The fourth-order valence-electron chi connectivity index (χ4n) is 3.12. The largest absolute Gasteiger partial charge is 0.380 e. The average molecular weight is 284 g/mol. The van der Waals surface area contributed by atoms with Crippen LogP contribution >= 0.6 is 0 Å². The van der Waals surface area contributed by atoms with Gasteiger partial charge in [-0.2, -0.15) is 0 Å². The molecule has 1 aromatic carbocycles. The summed E-state index contributed by atoms with van der Waals surface area (Å²) in [4.78, 5) is 7.02. The highest BCUT2D eigenvalue weighted by atomic mass is 16.5. The molecular weight excluding hydrogens is 260 g/mol. The topological polar surface area (TPSA) is 25.4 Å². The lowest BCUT2D eigenvalue weighted by Crippen LogP contribution is -2.23. The molecule has 1 fully saturated rings. The number of nitrogens with zero attached hydrogens (tertiary/aromatic N) is 2. The number of ether oxygens (including phenoxy) is 1. The maximum absolute atomic E-state index is 5.44. The van der Waals surface area contributed by atoms with Crippen molar-refractivity contribution in [2.45, 2.75) is 38.7 Å². The molecule has 1 aliphatic heterocycles. The highest BCUT2D eigenvalue weighted by Gasteiger charge is 2.23. The number of pyridine rings is 1. The molecule has 1 aromatic heterocycles. The second-order valence-electron chi connectivity index (χ2n) is 6.91. The van der Waals surface area contributed by atoms with Crippen molar-refractivity contribution in [1.82, 2.24) is 4.98 Å². The van der Waals surface area contributed by atoms with Gasteiger partial charge in [-0.3, -0.25) is 0 Å². The van der Waals surface area contributed by atoms with E-state index in [0.717, 1.165) is 25.3 Å². The van der Waals surface area contributed by atoms with E-state index in [0.29, 0.717) is 6.10 Å². The Hall–Kier alpha value is -1.61. The number of methoxy groups -OCH3 is 1. The Balaban J connectivity index is 1.98. The first-order valence-corrected chi connectivity index (χ1v) is 7.66. The Morgan fingerprint density at radius 2 is 2.10 bits per heavy atom. The molecule has 0 saturated carbocycles. The molecule has 0 amide bonds. The van der Waals surface area contributed by atoms with Crippen molar-refractivity contribution in [3.63, 3.8) is 0 Å². The van der Waals surface area contributed by atoms with Crippen molar-refractivity contribution >= 4 is 16.6 Å². The summed E-state index contributed by atoms with van der Waals surface area (Å²) in [6.07, 6.45) is 3.45. The van der Waals surface area contributed by atoms with Crippen LogP contribution in [0.1, 0.15) is 32.8 Å². The number of hydrogen-bond donors (Lipinski definition) is 0. The van der Waals surface area contributed by atoms with Gasteiger partial charge in [-0.05, 0) is 28.9 Å². The molecule has 2 aromatic rings. The first-order valence-electron chi connectivity index (χ1n) is 7.66. The zero-order valence-electron chi connectivity index (χ0n) is 13.4. The lowest BCUT2D eigenvalue weighted by atomic mass is 9.84. The van der Waals surface area contributed by atoms with Gasteiger partial charge in [-0.1, -0.05) is 39.0 Å². The number of aromatic nitrogens is 1. The van der Waals surface area contributed by atoms with E-state index in [4.69, 9.17) is 9.72 Å². The molecule has 1 saturated heterocycles. The summed E-state index contributed by atoms with van der Waals surface area (Å²) in [5.74, 6) is 1.06. The predicted octanol–water partition coefficient (Wildman–Crippen LogP) is 3.76. The summed E-state index contributed by atoms with van der Waals surface area (Å²) in [6, 6.07) is 8.75. The van der Waals surface area contributed by atoms with Crippen LogP contribution in [0.25, 0.3) is 10.8 Å². The Labute approximate surface area is 126 Å². The minimum absolute atomic E-state index is 0.136. The van der Waals surface area contributed by atoms with Crippen LogP contribution in [0, 0.1) is 0 Å². The monoisotopic (exact) mass is 284 g/mol. The number of fused-ring (bicyclic) bond motifs is 1. The van der Waals surface area contributed by atoms with E-state index in [9.17, 15) is 0 Å². The molecule has 0 aliphatic carbocycles. The number of benzene rings is 1. The molecule has 112 valence electrons. The fourth-order valence-corrected chi connectivity index (χ4v) is 3.12. The zero-order valence-corrected chi connectivity index (χ0v) is 13.4. The highest BCUT2D eigenvalue weighted by Crippen LogP contribution is 2.31.